The Balaban J connectivity index is 3.96. The Kier molecular flexibility index (Phi) is 5.19. The van der Waals surface area contributed by atoms with Gasteiger partial charge in [0, 0.05) is 12.4 Å². The highest BCUT2D eigenvalue weighted by molar-refractivity contribution is 7.90. The number of hydrogen-bond acceptors (Lipinski definition) is 4. The summed E-state index contributed by atoms with van der Waals surface area (Å²) in [5.41, 5.74) is 0. The number of alkyl halides is 1. The second-order valence-corrected chi connectivity index (χ2v) is 4.10. The Labute approximate surface area is 76.1 Å². The first-order valence-electron chi connectivity index (χ1n) is 3.12. The average molecular weight is 216 g/mol. The lowest BCUT2D eigenvalue weighted by molar-refractivity contribution is -0.137. The maximum absolute atomic E-state index is 10.9. The number of halogens is 1. The van der Waals surface area contributed by atoms with Crippen LogP contribution >= 0.6 is 11.6 Å². The number of sulfonamides is 1. The number of nitrogens with one attached hydrogen (secondary N) is 1. The van der Waals surface area contributed by atoms with Crippen LogP contribution < -0.4 is 4.72 Å². The standard InChI is InChI=1S/C5H10ClNO4S/c1-11-5(8)4-12(9,10)7-3-2-6/h7H,2-4H2,1H3. The summed E-state index contributed by atoms with van der Waals surface area (Å²) >= 11 is 5.23. The van der Waals surface area contributed by atoms with Gasteiger partial charge in [-0.15, -0.1) is 11.6 Å². The van der Waals surface area contributed by atoms with Gasteiger partial charge < -0.3 is 4.74 Å². The molecule has 72 valence electrons. The number of carbonyl (C=O) groups excluding carboxylic acids is 1. The normalized spacial score (nSPS) is 11.2. The van der Waals surface area contributed by atoms with Crippen molar-refractivity contribution in [1.82, 2.24) is 4.72 Å². The van der Waals surface area contributed by atoms with Gasteiger partial charge in [-0.25, -0.2) is 13.1 Å². The molecule has 0 aliphatic carbocycles. The molecule has 0 aliphatic heterocycles. The fourth-order valence-electron chi connectivity index (χ4n) is 0.459. The second-order valence-electron chi connectivity index (χ2n) is 1.92. The number of rotatable bonds is 5. The highest BCUT2D eigenvalue weighted by Gasteiger charge is 2.15. The van der Waals surface area contributed by atoms with Gasteiger partial charge in [-0.2, -0.15) is 0 Å². The third-order valence-electron chi connectivity index (χ3n) is 0.952. The first-order chi connectivity index (χ1) is 5.52. The Bertz CT molecular complexity index is 238. The smallest absolute Gasteiger partial charge is 0.322 e. The predicted molar refractivity (Wildman–Crippen MR) is 44.5 cm³/mol. The van der Waals surface area contributed by atoms with E-state index in [1.54, 1.807) is 0 Å². The maximum atomic E-state index is 10.9. The van der Waals surface area contributed by atoms with E-state index in [2.05, 4.69) is 9.46 Å². The van der Waals surface area contributed by atoms with Gasteiger partial charge in [0.15, 0.2) is 5.75 Å². The zero-order valence-electron chi connectivity index (χ0n) is 6.54. The molecule has 0 aliphatic rings. The molecule has 0 amide bonds. The molecule has 12 heavy (non-hydrogen) atoms. The molecule has 0 spiro atoms. The summed E-state index contributed by atoms with van der Waals surface area (Å²) in [7, 11) is -2.44. The lowest BCUT2D eigenvalue weighted by atomic mass is 10.8. The van der Waals surface area contributed by atoms with Gasteiger partial charge in [-0.05, 0) is 0 Å². The number of hydrogen-bond donors (Lipinski definition) is 1. The average Bonchev–Trinajstić information content (AvgIpc) is 2.00. The van der Waals surface area contributed by atoms with Crippen LogP contribution in [-0.4, -0.2) is 39.7 Å². The number of carbonyl (C=O) groups is 1. The van der Waals surface area contributed by atoms with Gasteiger partial charge in [-0.3, -0.25) is 4.79 Å². The van der Waals surface area contributed by atoms with E-state index >= 15 is 0 Å². The van der Waals surface area contributed by atoms with Crippen LogP contribution in [0.5, 0.6) is 0 Å². The molecule has 0 aromatic rings. The largest absolute Gasteiger partial charge is 0.468 e. The zero-order valence-corrected chi connectivity index (χ0v) is 8.11. The molecular weight excluding hydrogens is 206 g/mol. The van der Waals surface area contributed by atoms with Crippen molar-refractivity contribution >= 4 is 27.6 Å². The molecular formula is C5H10ClNO4S. The first kappa shape index (κ1) is 11.7. The minimum Gasteiger partial charge on any atom is -0.468 e. The third kappa shape index (κ3) is 5.34. The van der Waals surface area contributed by atoms with Crippen molar-refractivity contribution in [1.29, 1.82) is 0 Å². The minimum absolute atomic E-state index is 0.112. The number of ether oxygens (including phenoxy) is 1. The van der Waals surface area contributed by atoms with E-state index in [4.69, 9.17) is 11.6 Å². The molecule has 0 saturated carbocycles. The molecule has 7 heteroatoms. The van der Waals surface area contributed by atoms with E-state index in [0.717, 1.165) is 7.11 Å². The fourth-order valence-corrected chi connectivity index (χ4v) is 1.61. The van der Waals surface area contributed by atoms with Gasteiger partial charge >= 0.3 is 5.97 Å². The molecule has 0 heterocycles. The van der Waals surface area contributed by atoms with Crippen LogP contribution in [0, 0.1) is 0 Å². The third-order valence-corrected chi connectivity index (χ3v) is 2.40. The highest BCUT2D eigenvalue weighted by Crippen LogP contribution is 1.86. The summed E-state index contributed by atoms with van der Waals surface area (Å²) < 4.78 is 28.1. The monoisotopic (exact) mass is 215 g/mol. The van der Waals surface area contributed by atoms with Crippen LogP contribution in [0.15, 0.2) is 0 Å². The number of methoxy groups -OCH3 is 1. The summed E-state index contributed by atoms with van der Waals surface area (Å²) in [6, 6.07) is 0. The molecule has 0 fully saturated rings. The van der Waals surface area contributed by atoms with Crippen molar-refractivity contribution in [2.45, 2.75) is 0 Å². The van der Waals surface area contributed by atoms with Crippen molar-refractivity contribution in [2.75, 3.05) is 25.3 Å². The fraction of sp³-hybridized carbons (Fsp3) is 0.800. The molecule has 0 aromatic heterocycles. The maximum Gasteiger partial charge on any atom is 0.322 e. The topological polar surface area (TPSA) is 72.5 Å². The molecule has 0 bridgehead atoms. The number of esters is 1. The molecule has 0 radical (unpaired) electrons. The van der Waals surface area contributed by atoms with E-state index in [0.29, 0.717) is 0 Å². The molecule has 0 atom stereocenters. The molecule has 0 unspecified atom stereocenters. The van der Waals surface area contributed by atoms with Crippen LogP contribution in [-0.2, 0) is 19.6 Å². The zero-order chi connectivity index (χ0) is 9.61. The molecule has 0 aromatic carbocycles. The Hall–Kier alpha value is -0.330. The lowest BCUT2D eigenvalue weighted by Gasteiger charge is -2.02. The first-order valence-corrected chi connectivity index (χ1v) is 5.30. The van der Waals surface area contributed by atoms with Gasteiger partial charge in [-0.1, -0.05) is 0 Å². The Morgan fingerprint density at radius 2 is 2.17 bits per heavy atom. The van der Waals surface area contributed by atoms with Crippen molar-refractivity contribution in [3.63, 3.8) is 0 Å². The lowest BCUT2D eigenvalue weighted by Crippen LogP contribution is -2.31. The van der Waals surface area contributed by atoms with Crippen LogP contribution in [0.1, 0.15) is 0 Å². The van der Waals surface area contributed by atoms with Gasteiger partial charge in [0.25, 0.3) is 0 Å². The van der Waals surface area contributed by atoms with Crippen LogP contribution in [0.4, 0.5) is 0 Å². The second kappa shape index (κ2) is 5.34. The van der Waals surface area contributed by atoms with E-state index in [1.807, 2.05) is 0 Å². The van der Waals surface area contributed by atoms with E-state index in [-0.39, 0.29) is 12.4 Å². The molecule has 5 nitrogen and oxygen atoms in total. The molecule has 0 rings (SSSR count). The van der Waals surface area contributed by atoms with E-state index in [1.165, 1.54) is 0 Å². The quantitative estimate of drug-likeness (QED) is 0.487. The SMILES string of the molecule is COC(=O)CS(=O)(=O)NCCCl. The van der Waals surface area contributed by atoms with E-state index in [9.17, 15) is 13.2 Å². The summed E-state index contributed by atoms with van der Waals surface area (Å²) in [5, 5.41) is 0. The highest BCUT2D eigenvalue weighted by atomic mass is 35.5. The van der Waals surface area contributed by atoms with Crippen LogP contribution in [0.2, 0.25) is 0 Å². The van der Waals surface area contributed by atoms with Crippen LogP contribution in [0.25, 0.3) is 0 Å². The van der Waals surface area contributed by atoms with Gasteiger partial charge in [0.2, 0.25) is 10.0 Å². The molecule has 0 saturated heterocycles. The predicted octanol–water partition coefficient (Wildman–Crippen LogP) is -0.682. The van der Waals surface area contributed by atoms with Crippen LogP contribution in [0.3, 0.4) is 0 Å². The van der Waals surface area contributed by atoms with E-state index < -0.39 is 21.7 Å². The summed E-state index contributed by atoms with van der Waals surface area (Å²) in [5.74, 6) is -1.29. The van der Waals surface area contributed by atoms with Gasteiger partial charge in [0.05, 0.1) is 7.11 Å². The summed E-state index contributed by atoms with van der Waals surface area (Å²) in [6.45, 7) is 0.112. The van der Waals surface area contributed by atoms with Crippen molar-refractivity contribution in [2.24, 2.45) is 0 Å². The minimum atomic E-state index is -3.56. The summed E-state index contributed by atoms with van der Waals surface area (Å²) in [6.07, 6.45) is 0. The summed E-state index contributed by atoms with van der Waals surface area (Å²) in [4.78, 5) is 10.5. The Morgan fingerprint density at radius 1 is 1.58 bits per heavy atom. The Morgan fingerprint density at radius 3 is 2.58 bits per heavy atom. The molecule has 1 N–H and O–H groups in total. The van der Waals surface area contributed by atoms with Crippen molar-refractivity contribution < 1.29 is 17.9 Å². The van der Waals surface area contributed by atoms with Crippen molar-refractivity contribution in [3.05, 3.63) is 0 Å². The van der Waals surface area contributed by atoms with Gasteiger partial charge in [0.1, 0.15) is 0 Å². The van der Waals surface area contributed by atoms with Crippen molar-refractivity contribution in [3.8, 4) is 0 Å².